The number of nitrogens with zero attached hydrogens (tertiary/aromatic N) is 1. The van der Waals surface area contributed by atoms with Crippen molar-refractivity contribution in [2.45, 2.75) is 26.9 Å². The number of aryl methyl sites for hydroxylation is 1. The molecule has 0 bridgehead atoms. The fraction of sp³-hybridized carbons (Fsp3) is 0.500. The zero-order chi connectivity index (χ0) is 17.5. The van der Waals surface area contributed by atoms with Crippen molar-refractivity contribution in [2.24, 2.45) is 0 Å². The normalized spacial score (nSPS) is 12.5. The zero-order valence-electron chi connectivity index (χ0n) is 13.0. The highest BCUT2D eigenvalue weighted by Crippen LogP contribution is 2.21. The van der Waals surface area contributed by atoms with Gasteiger partial charge in [-0.1, -0.05) is 0 Å². The van der Waals surface area contributed by atoms with E-state index in [0.717, 1.165) is 23.2 Å². The third kappa shape index (κ3) is 8.29. The monoisotopic (exact) mass is 353 g/mol. The highest BCUT2D eigenvalue weighted by molar-refractivity contribution is 7.88. The van der Waals surface area contributed by atoms with Gasteiger partial charge in [-0.15, -0.1) is 0 Å². The quantitative estimate of drug-likeness (QED) is 0.352. The van der Waals surface area contributed by atoms with Gasteiger partial charge in [0.15, 0.2) is 0 Å². The van der Waals surface area contributed by atoms with E-state index in [1.54, 1.807) is 0 Å². The number of sulfonamides is 1. The number of rotatable bonds is 5. The number of hydrogen-bond donors (Lipinski definition) is 4. The molecule has 0 amide bonds. The molecule has 1 rings (SSSR count). The lowest BCUT2D eigenvalue weighted by Crippen LogP contribution is -2.46. The van der Waals surface area contributed by atoms with E-state index >= 15 is 0 Å². The molecule has 0 aliphatic carbocycles. The SMILES string of the molecule is CCN(c1ccc(N)c(C)c1)C(C)NS(C)(=O)=O.O=S(O)O. The molecule has 0 saturated heterocycles. The smallest absolute Gasteiger partial charge is 0.299 e. The first kappa shape index (κ1) is 20.8. The van der Waals surface area contributed by atoms with Gasteiger partial charge in [0, 0.05) is 17.9 Å². The molecule has 1 aromatic carbocycles. The molecule has 0 aliphatic heterocycles. The summed E-state index contributed by atoms with van der Waals surface area (Å²) in [5.74, 6) is 0. The molecule has 8 nitrogen and oxygen atoms in total. The number of anilines is 2. The minimum atomic E-state index is -3.22. The van der Waals surface area contributed by atoms with E-state index < -0.39 is 21.4 Å². The minimum Gasteiger partial charge on any atom is -0.399 e. The molecule has 1 aromatic rings. The lowest BCUT2D eigenvalue weighted by molar-refractivity contribution is 0.454. The van der Waals surface area contributed by atoms with Crippen LogP contribution in [0.15, 0.2) is 18.2 Å². The Labute approximate surface area is 133 Å². The van der Waals surface area contributed by atoms with Gasteiger partial charge in [0.25, 0.3) is 11.4 Å². The molecule has 0 saturated carbocycles. The molecule has 128 valence electrons. The molecule has 0 fully saturated rings. The van der Waals surface area contributed by atoms with Gasteiger partial charge in [0.1, 0.15) is 0 Å². The fourth-order valence-electron chi connectivity index (χ4n) is 1.89. The van der Waals surface area contributed by atoms with Crippen LogP contribution in [0.25, 0.3) is 0 Å². The molecule has 1 atom stereocenters. The number of hydrogen-bond acceptors (Lipinski definition) is 5. The first-order chi connectivity index (χ1) is 9.97. The lowest BCUT2D eigenvalue weighted by atomic mass is 10.1. The molecule has 0 aliphatic rings. The summed E-state index contributed by atoms with van der Waals surface area (Å²) in [6.45, 7) is 6.43. The topological polar surface area (TPSA) is 133 Å². The first-order valence-corrected chi connectivity index (χ1v) is 9.33. The Kier molecular flexibility index (Phi) is 8.56. The van der Waals surface area contributed by atoms with Gasteiger partial charge in [-0.25, -0.2) is 8.42 Å². The lowest BCUT2D eigenvalue weighted by Gasteiger charge is -2.30. The van der Waals surface area contributed by atoms with Crippen LogP contribution in [0.4, 0.5) is 11.4 Å². The Morgan fingerprint density at radius 2 is 1.91 bits per heavy atom. The average molecular weight is 353 g/mol. The maximum absolute atomic E-state index is 11.3. The Morgan fingerprint density at radius 3 is 2.27 bits per heavy atom. The van der Waals surface area contributed by atoms with Crippen molar-refractivity contribution in [3.8, 4) is 0 Å². The van der Waals surface area contributed by atoms with Crippen molar-refractivity contribution in [2.75, 3.05) is 23.4 Å². The summed E-state index contributed by atoms with van der Waals surface area (Å²) in [4.78, 5) is 1.97. The average Bonchev–Trinajstić information content (AvgIpc) is 2.31. The predicted octanol–water partition coefficient (Wildman–Crippen LogP) is 0.980. The summed E-state index contributed by atoms with van der Waals surface area (Å²) in [6.07, 6.45) is 0.860. The molecule has 0 radical (unpaired) electrons. The van der Waals surface area contributed by atoms with Gasteiger partial charge in [-0.05, 0) is 44.5 Å². The van der Waals surface area contributed by atoms with E-state index in [4.69, 9.17) is 19.0 Å². The van der Waals surface area contributed by atoms with E-state index in [0.29, 0.717) is 6.54 Å². The van der Waals surface area contributed by atoms with Crippen LogP contribution in [0.1, 0.15) is 19.4 Å². The van der Waals surface area contributed by atoms with Gasteiger partial charge in [-0.3, -0.25) is 9.11 Å². The molecule has 1 unspecified atom stereocenters. The largest absolute Gasteiger partial charge is 0.399 e. The van der Waals surface area contributed by atoms with Crippen molar-refractivity contribution in [1.29, 1.82) is 0 Å². The Balaban J connectivity index is 0.000000980. The standard InChI is InChI=1S/C12H21N3O2S.H2O3S/c1-5-15(10(3)14-18(4,16)17)11-6-7-12(13)9(2)8-11;1-4(2)3/h6-8,10,14H,5,13H2,1-4H3;(H2,1,2,3). The summed E-state index contributed by atoms with van der Waals surface area (Å²) in [7, 11) is -3.22. The van der Waals surface area contributed by atoms with E-state index in [1.165, 1.54) is 0 Å². The van der Waals surface area contributed by atoms with Crippen LogP contribution in [0.2, 0.25) is 0 Å². The summed E-state index contributed by atoms with van der Waals surface area (Å²) in [6, 6.07) is 5.69. The second-order valence-corrected chi connectivity index (χ2v) is 6.87. The first-order valence-electron chi connectivity index (χ1n) is 6.38. The second kappa shape index (κ2) is 9.06. The summed E-state index contributed by atoms with van der Waals surface area (Å²) in [5.41, 5.74) is 8.45. The van der Waals surface area contributed by atoms with Crippen LogP contribution in [0, 0.1) is 6.92 Å². The third-order valence-electron chi connectivity index (χ3n) is 2.78. The van der Waals surface area contributed by atoms with Crippen LogP contribution in [0.3, 0.4) is 0 Å². The summed E-state index contributed by atoms with van der Waals surface area (Å²) < 4.78 is 47.9. The Morgan fingerprint density at radius 1 is 1.41 bits per heavy atom. The van der Waals surface area contributed by atoms with Gasteiger partial charge in [0.05, 0.1) is 12.4 Å². The van der Waals surface area contributed by atoms with E-state index in [1.807, 2.05) is 43.9 Å². The third-order valence-corrected chi connectivity index (χ3v) is 3.55. The molecular formula is C12H23N3O5S2. The molecule has 0 heterocycles. The molecule has 10 heteroatoms. The van der Waals surface area contributed by atoms with Crippen LogP contribution in [-0.4, -0.2) is 40.7 Å². The van der Waals surface area contributed by atoms with Crippen molar-refractivity contribution < 1.29 is 21.7 Å². The number of nitrogens with one attached hydrogen (secondary N) is 1. The number of benzene rings is 1. The van der Waals surface area contributed by atoms with Gasteiger partial charge < -0.3 is 10.6 Å². The molecular weight excluding hydrogens is 330 g/mol. The van der Waals surface area contributed by atoms with Crippen LogP contribution >= 0.6 is 0 Å². The van der Waals surface area contributed by atoms with Crippen LogP contribution < -0.4 is 15.4 Å². The zero-order valence-corrected chi connectivity index (χ0v) is 14.6. The highest BCUT2D eigenvalue weighted by atomic mass is 32.2. The van der Waals surface area contributed by atoms with Gasteiger partial charge in [-0.2, -0.15) is 8.93 Å². The van der Waals surface area contributed by atoms with Gasteiger partial charge >= 0.3 is 0 Å². The maximum Gasteiger partial charge on any atom is 0.299 e. The van der Waals surface area contributed by atoms with E-state index in [9.17, 15) is 8.42 Å². The second-order valence-electron chi connectivity index (χ2n) is 4.62. The summed E-state index contributed by atoms with van der Waals surface area (Å²) in [5, 5.41) is 0. The van der Waals surface area contributed by atoms with Crippen molar-refractivity contribution in [1.82, 2.24) is 4.72 Å². The highest BCUT2D eigenvalue weighted by Gasteiger charge is 2.16. The Hall–Kier alpha value is -1.20. The van der Waals surface area contributed by atoms with Crippen molar-refractivity contribution >= 4 is 32.8 Å². The number of nitrogen functional groups attached to an aromatic ring is 1. The van der Waals surface area contributed by atoms with Crippen LogP contribution in [-0.2, 0) is 21.4 Å². The predicted molar refractivity (Wildman–Crippen MR) is 89.5 cm³/mol. The van der Waals surface area contributed by atoms with E-state index in [-0.39, 0.29) is 6.17 Å². The van der Waals surface area contributed by atoms with E-state index in [2.05, 4.69) is 4.72 Å². The minimum absolute atomic E-state index is 0.298. The van der Waals surface area contributed by atoms with Crippen LogP contribution in [0.5, 0.6) is 0 Å². The molecule has 5 N–H and O–H groups in total. The maximum atomic E-state index is 11.3. The molecule has 0 spiro atoms. The number of nitrogens with two attached hydrogens (primary N) is 1. The molecule has 0 aromatic heterocycles. The van der Waals surface area contributed by atoms with Gasteiger partial charge in [0.2, 0.25) is 10.0 Å². The summed E-state index contributed by atoms with van der Waals surface area (Å²) >= 11 is -2.61. The van der Waals surface area contributed by atoms with Crippen molar-refractivity contribution in [3.63, 3.8) is 0 Å². The van der Waals surface area contributed by atoms with Crippen molar-refractivity contribution in [3.05, 3.63) is 23.8 Å². The molecule has 22 heavy (non-hydrogen) atoms. The fourth-order valence-corrected chi connectivity index (χ4v) is 2.64. The Bertz CT molecular complexity index is 603.